The Morgan fingerprint density at radius 1 is 1.33 bits per heavy atom. The van der Waals surface area contributed by atoms with E-state index in [1.807, 2.05) is 0 Å². The molecule has 1 unspecified atom stereocenters. The number of allylic oxidation sites excluding steroid dienone is 3. The van der Waals surface area contributed by atoms with Gasteiger partial charge in [0.2, 0.25) is 0 Å². The van der Waals surface area contributed by atoms with E-state index in [0.29, 0.717) is 5.57 Å². The van der Waals surface area contributed by atoms with E-state index < -0.39 is 17.9 Å². The van der Waals surface area contributed by atoms with Gasteiger partial charge in [-0.25, -0.2) is 4.79 Å². The van der Waals surface area contributed by atoms with Gasteiger partial charge in [0, 0.05) is 29.4 Å². The standard InChI is InChI=1S/C19H22N2O3/c1-5-9-10-13(6-2)18(22)21-17(19(23)24)11-14-12-20-16(8-4)15(14)7-3/h5-10,12,17,20H,1,3-4,11H2,2H3,(H,21,22)(H,23,24)/b10-9-,13-6+. The number of carboxylic acid groups (broad SMARTS) is 1. The number of H-pyrrole nitrogens is 1. The highest BCUT2D eigenvalue weighted by molar-refractivity contribution is 5.98. The normalized spacial score (nSPS) is 12.6. The van der Waals surface area contributed by atoms with Gasteiger partial charge in [-0.1, -0.05) is 44.0 Å². The third-order valence-corrected chi connectivity index (χ3v) is 3.46. The van der Waals surface area contributed by atoms with Crippen LogP contribution in [0.3, 0.4) is 0 Å². The molecule has 1 amide bonds. The van der Waals surface area contributed by atoms with Crippen LogP contribution in [0.15, 0.2) is 55.8 Å². The summed E-state index contributed by atoms with van der Waals surface area (Å²) in [4.78, 5) is 26.8. The van der Waals surface area contributed by atoms with Crippen LogP contribution in [0.4, 0.5) is 0 Å². The zero-order chi connectivity index (χ0) is 18.1. The van der Waals surface area contributed by atoms with Crippen molar-refractivity contribution in [3.63, 3.8) is 0 Å². The minimum atomic E-state index is -1.11. The predicted molar refractivity (Wildman–Crippen MR) is 97.3 cm³/mol. The summed E-state index contributed by atoms with van der Waals surface area (Å²) < 4.78 is 0. The van der Waals surface area contributed by atoms with E-state index in [9.17, 15) is 14.7 Å². The zero-order valence-electron chi connectivity index (χ0n) is 13.7. The maximum absolute atomic E-state index is 12.2. The zero-order valence-corrected chi connectivity index (χ0v) is 13.7. The van der Waals surface area contributed by atoms with Gasteiger partial charge < -0.3 is 15.4 Å². The number of rotatable bonds is 9. The molecule has 1 heterocycles. The third kappa shape index (κ3) is 4.71. The van der Waals surface area contributed by atoms with Crippen molar-refractivity contribution in [1.82, 2.24) is 10.3 Å². The molecule has 0 aliphatic rings. The fraction of sp³-hybridized carbons (Fsp3) is 0.158. The summed E-state index contributed by atoms with van der Waals surface area (Å²) in [6.45, 7) is 12.7. The van der Waals surface area contributed by atoms with Crippen LogP contribution >= 0.6 is 0 Å². The van der Waals surface area contributed by atoms with E-state index in [1.54, 1.807) is 49.6 Å². The molecule has 5 heteroatoms. The molecular weight excluding hydrogens is 304 g/mol. The molecule has 1 atom stereocenters. The summed E-state index contributed by atoms with van der Waals surface area (Å²) in [5.74, 6) is -1.56. The summed E-state index contributed by atoms with van der Waals surface area (Å²) in [7, 11) is 0. The lowest BCUT2D eigenvalue weighted by Gasteiger charge is -2.15. The smallest absolute Gasteiger partial charge is 0.326 e. The van der Waals surface area contributed by atoms with Gasteiger partial charge in [-0.15, -0.1) is 0 Å². The quantitative estimate of drug-likeness (QED) is 0.482. The highest BCUT2D eigenvalue weighted by Crippen LogP contribution is 2.18. The molecule has 5 nitrogen and oxygen atoms in total. The van der Waals surface area contributed by atoms with Crippen LogP contribution in [0, 0.1) is 0 Å². The first-order valence-corrected chi connectivity index (χ1v) is 7.42. The molecule has 1 aromatic rings. The minimum Gasteiger partial charge on any atom is -0.480 e. The van der Waals surface area contributed by atoms with Crippen LogP contribution < -0.4 is 5.32 Å². The highest BCUT2D eigenvalue weighted by atomic mass is 16.4. The molecule has 0 fully saturated rings. The molecular formula is C19H22N2O3. The van der Waals surface area contributed by atoms with Crippen LogP contribution in [-0.4, -0.2) is 28.0 Å². The first-order valence-electron chi connectivity index (χ1n) is 7.42. The lowest BCUT2D eigenvalue weighted by molar-refractivity contribution is -0.141. The van der Waals surface area contributed by atoms with Crippen LogP contribution in [-0.2, 0) is 16.0 Å². The number of aromatic amines is 1. The van der Waals surface area contributed by atoms with Gasteiger partial charge in [0.05, 0.1) is 0 Å². The Hall–Kier alpha value is -3.08. The van der Waals surface area contributed by atoms with Crippen LogP contribution in [0.25, 0.3) is 12.2 Å². The number of nitrogens with one attached hydrogen (secondary N) is 2. The number of carboxylic acids is 1. The lowest BCUT2D eigenvalue weighted by atomic mass is 10.0. The Labute approximate surface area is 141 Å². The molecule has 0 aliphatic heterocycles. The van der Waals surface area contributed by atoms with E-state index >= 15 is 0 Å². The monoisotopic (exact) mass is 326 g/mol. The second-order valence-electron chi connectivity index (χ2n) is 4.96. The summed E-state index contributed by atoms with van der Waals surface area (Å²) in [5.41, 5.74) is 2.66. The average Bonchev–Trinajstić information content (AvgIpc) is 2.96. The molecule has 0 radical (unpaired) electrons. The maximum Gasteiger partial charge on any atom is 0.326 e. The van der Waals surface area contributed by atoms with Gasteiger partial charge in [-0.05, 0) is 24.6 Å². The minimum absolute atomic E-state index is 0.134. The Morgan fingerprint density at radius 3 is 2.54 bits per heavy atom. The number of carbonyl (C=O) groups excluding carboxylic acids is 1. The second-order valence-corrected chi connectivity index (χ2v) is 4.96. The van der Waals surface area contributed by atoms with Crippen LogP contribution in [0.1, 0.15) is 23.7 Å². The van der Waals surface area contributed by atoms with Crippen molar-refractivity contribution in [3.05, 3.63) is 72.6 Å². The molecule has 126 valence electrons. The van der Waals surface area contributed by atoms with E-state index in [1.165, 1.54) is 0 Å². The van der Waals surface area contributed by atoms with Gasteiger partial charge in [-0.2, -0.15) is 0 Å². The first-order chi connectivity index (χ1) is 11.5. The van der Waals surface area contributed by atoms with Crippen molar-refractivity contribution >= 4 is 24.0 Å². The molecule has 1 aromatic heterocycles. The predicted octanol–water partition coefficient (Wildman–Crippen LogP) is 3.10. The Kier molecular flexibility index (Phi) is 7.23. The van der Waals surface area contributed by atoms with Gasteiger partial charge in [0.15, 0.2) is 0 Å². The third-order valence-electron chi connectivity index (χ3n) is 3.46. The molecule has 0 saturated carbocycles. The van der Waals surface area contributed by atoms with Crippen LogP contribution in [0.2, 0.25) is 0 Å². The van der Waals surface area contributed by atoms with Gasteiger partial charge in [-0.3, -0.25) is 4.79 Å². The number of aromatic nitrogens is 1. The largest absolute Gasteiger partial charge is 0.480 e. The van der Waals surface area contributed by atoms with Crippen molar-refractivity contribution in [3.8, 4) is 0 Å². The van der Waals surface area contributed by atoms with Gasteiger partial charge in [0.1, 0.15) is 6.04 Å². The number of amides is 1. The SMILES string of the molecule is C=C/C=C\C(=C/C)C(=O)NC(Cc1c[nH]c(C=C)c1C=C)C(=O)O. The van der Waals surface area contributed by atoms with E-state index in [2.05, 4.69) is 30.0 Å². The number of hydrogen-bond acceptors (Lipinski definition) is 2. The van der Waals surface area contributed by atoms with Crippen molar-refractivity contribution in [2.75, 3.05) is 0 Å². The molecule has 0 aromatic carbocycles. The lowest BCUT2D eigenvalue weighted by Crippen LogP contribution is -2.42. The summed E-state index contributed by atoms with van der Waals surface area (Å²) in [6.07, 6.45) is 11.4. The molecule has 0 bridgehead atoms. The van der Waals surface area contributed by atoms with E-state index in [-0.39, 0.29) is 6.42 Å². The number of aliphatic carboxylic acids is 1. The fourth-order valence-electron chi connectivity index (χ4n) is 2.21. The van der Waals surface area contributed by atoms with E-state index in [4.69, 9.17) is 0 Å². The molecule has 1 rings (SSSR count). The van der Waals surface area contributed by atoms with E-state index in [0.717, 1.165) is 16.8 Å². The molecule has 0 saturated heterocycles. The first kappa shape index (κ1) is 19.0. The number of hydrogen-bond donors (Lipinski definition) is 3. The second kappa shape index (κ2) is 9.15. The Bertz CT molecular complexity index is 708. The van der Waals surface area contributed by atoms with Crippen molar-refractivity contribution in [2.45, 2.75) is 19.4 Å². The summed E-state index contributed by atoms with van der Waals surface area (Å²) in [6, 6.07) is -1.06. The van der Waals surface area contributed by atoms with Gasteiger partial charge >= 0.3 is 5.97 Å². The van der Waals surface area contributed by atoms with Crippen molar-refractivity contribution in [2.24, 2.45) is 0 Å². The fourth-order valence-corrected chi connectivity index (χ4v) is 2.21. The molecule has 3 N–H and O–H groups in total. The van der Waals surface area contributed by atoms with Crippen molar-refractivity contribution in [1.29, 1.82) is 0 Å². The molecule has 0 aliphatic carbocycles. The topological polar surface area (TPSA) is 82.2 Å². The Balaban J connectivity index is 2.98. The maximum atomic E-state index is 12.2. The Morgan fingerprint density at radius 2 is 2.04 bits per heavy atom. The van der Waals surface area contributed by atoms with Gasteiger partial charge in [0.25, 0.3) is 5.91 Å². The number of carbonyl (C=O) groups is 2. The van der Waals surface area contributed by atoms with Crippen LogP contribution in [0.5, 0.6) is 0 Å². The summed E-state index contributed by atoms with van der Waals surface area (Å²) >= 11 is 0. The average molecular weight is 326 g/mol. The molecule has 24 heavy (non-hydrogen) atoms. The highest BCUT2D eigenvalue weighted by Gasteiger charge is 2.23. The summed E-state index contributed by atoms with van der Waals surface area (Å²) in [5, 5.41) is 12.0. The molecule has 0 spiro atoms. The van der Waals surface area contributed by atoms with Crippen molar-refractivity contribution < 1.29 is 14.7 Å².